The van der Waals surface area contributed by atoms with Gasteiger partial charge in [-0.15, -0.1) is 0 Å². The SMILES string of the molecule is CCCCn1c(=O)[nH]c(=O)c2c1nc(COc1ccc([N+](=O)[O-])cc1)n2C. The number of non-ortho nitro benzene ring substituents is 1. The molecular formula is C17H19N5O5. The van der Waals surface area contributed by atoms with Crippen LogP contribution in [0.4, 0.5) is 5.69 Å². The lowest BCUT2D eigenvalue weighted by Crippen LogP contribution is -2.31. The van der Waals surface area contributed by atoms with Crippen LogP contribution in [0.15, 0.2) is 33.9 Å². The average molecular weight is 373 g/mol. The second-order valence-corrected chi connectivity index (χ2v) is 6.06. The Morgan fingerprint density at radius 1 is 1.26 bits per heavy atom. The van der Waals surface area contributed by atoms with E-state index in [0.29, 0.717) is 29.3 Å². The molecule has 3 aromatic rings. The van der Waals surface area contributed by atoms with Gasteiger partial charge in [-0.1, -0.05) is 13.3 Å². The minimum absolute atomic E-state index is 0.0310. The van der Waals surface area contributed by atoms with Crippen LogP contribution in [0.25, 0.3) is 11.2 Å². The number of nitrogens with one attached hydrogen (secondary N) is 1. The van der Waals surface area contributed by atoms with E-state index in [0.717, 1.165) is 12.8 Å². The quantitative estimate of drug-likeness (QED) is 0.496. The number of hydrogen-bond acceptors (Lipinski definition) is 6. The number of unbranched alkanes of at least 4 members (excludes halogenated alkanes) is 1. The minimum Gasteiger partial charge on any atom is -0.486 e. The smallest absolute Gasteiger partial charge is 0.330 e. The highest BCUT2D eigenvalue weighted by molar-refractivity contribution is 5.70. The Labute approximate surface area is 153 Å². The van der Waals surface area contributed by atoms with E-state index in [9.17, 15) is 19.7 Å². The van der Waals surface area contributed by atoms with Gasteiger partial charge in [0.15, 0.2) is 11.2 Å². The van der Waals surface area contributed by atoms with Crippen LogP contribution in [-0.2, 0) is 20.2 Å². The fourth-order valence-corrected chi connectivity index (χ4v) is 2.76. The Kier molecular flexibility index (Phi) is 5.06. The van der Waals surface area contributed by atoms with Crippen molar-refractivity contribution < 1.29 is 9.66 Å². The minimum atomic E-state index is -0.501. The highest BCUT2D eigenvalue weighted by Gasteiger charge is 2.16. The van der Waals surface area contributed by atoms with E-state index in [-0.39, 0.29) is 12.3 Å². The van der Waals surface area contributed by atoms with Crippen molar-refractivity contribution in [3.05, 3.63) is 61.0 Å². The summed E-state index contributed by atoms with van der Waals surface area (Å²) in [6, 6.07) is 5.67. The number of rotatable bonds is 7. The number of nitro groups is 1. The van der Waals surface area contributed by atoms with E-state index < -0.39 is 16.2 Å². The summed E-state index contributed by atoms with van der Waals surface area (Å²) in [6.07, 6.45) is 1.68. The lowest BCUT2D eigenvalue weighted by Gasteiger charge is -2.05. The number of aryl methyl sites for hydroxylation is 2. The van der Waals surface area contributed by atoms with E-state index in [1.54, 1.807) is 11.6 Å². The lowest BCUT2D eigenvalue weighted by molar-refractivity contribution is -0.384. The van der Waals surface area contributed by atoms with Crippen LogP contribution in [0.5, 0.6) is 5.75 Å². The molecule has 142 valence electrons. The number of aromatic amines is 1. The predicted molar refractivity (Wildman–Crippen MR) is 97.9 cm³/mol. The molecule has 0 fully saturated rings. The molecule has 0 bridgehead atoms. The topological polar surface area (TPSA) is 125 Å². The molecule has 0 radical (unpaired) electrons. The zero-order valence-corrected chi connectivity index (χ0v) is 15.0. The number of fused-ring (bicyclic) bond motifs is 1. The van der Waals surface area contributed by atoms with E-state index in [2.05, 4.69) is 9.97 Å². The lowest BCUT2D eigenvalue weighted by atomic mass is 10.3. The summed E-state index contributed by atoms with van der Waals surface area (Å²) < 4.78 is 8.66. The first kappa shape index (κ1) is 18.4. The molecular weight excluding hydrogens is 354 g/mol. The molecule has 0 aliphatic rings. The first-order chi connectivity index (χ1) is 12.9. The fourth-order valence-electron chi connectivity index (χ4n) is 2.76. The molecule has 0 aliphatic carbocycles. The third-order valence-corrected chi connectivity index (χ3v) is 4.26. The van der Waals surface area contributed by atoms with Crippen molar-refractivity contribution in [3.8, 4) is 5.75 Å². The number of benzene rings is 1. The standard InChI is InChI=1S/C17H19N5O5/c1-3-4-9-21-15-14(16(23)19-17(21)24)20(2)13(18-15)10-27-12-7-5-11(6-8-12)22(25)26/h5-8H,3-4,9-10H2,1-2H3,(H,19,23,24). The molecule has 1 aromatic carbocycles. The Morgan fingerprint density at radius 2 is 1.96 bits per heavy atom. The van der Waals surface area contributed by atoms with Gasteiger partial charge in [0, 0.05) is 25.7 Å². The van der Waals surface area contributed by atoms with Crippen molar-refractivity contribution in [2.75, 3.05) is 0 Å². The van der Waals surface area contributed by atoms with Crippen LogP contribution < -0.4 is 16.0 Å². The molecule has 2 aromatic heterocycles. The molecule has 0 atom stereocenters. The molecule has 0 saturated heterocycles. The van der Waals surface area contributed by atoms with E-state index in [1.165, 1.54) is 28.8 Å². The van der Waals surface area contributed by atoms with Crippen molar-refractivity contribution in [2.24, 2.45) is 7.05 Å². The van der Waals surface area contributed by atoms with Gasteiger partial charge < -0.3 is 9.30 Å². The van der Waals surface area contributed by atoms with E-state index >= 15 is 0 Å². The van der Waals surface area contributed by atoms with Crippen molar-refractivity contribution >= 4 is 16.9 Å². The molecule has 0 aliphatic heterocycles. The Morgan fingerprint density at radius 3 is 2.59 bits per heavy atom. The fraction of sp³-hybridized carbons (Fsp3) is 0.353. The second-order valence-electron chi connectivity index (χ2n) is 6.06. The number of imidazole rings is 1. The van der Waals surface area contributed by atoms with Crippen molar-refractivity contribution in [2.45, 2.75) is 32.9 Å². The van der Waals surface area contributed by atoms with E-state index in [4.69, 9.17) is 4.74 Å². The molecule has 0 unspecified atom stereocenters. The number of H-pyrrole nitrogens is 1. The van der Waals surface area contributed by atoms with Crippen molar-refractivity contribution in [3.63, 3.8) is 0 Å². The Bertz CT molecular complexity index is 1090. The number of aromatic nitrogens is 4. The maximum Gasteiger partial charge on any atom is 0.330 e. The maximum absolute atomic E-state index is 12.2. The van der Waals surface area contributed by atoms with Gasteiger partial charge in [0.05, 0.1) is 4.92 Å². The van der Waals surface area contributed by atoms with Gasteiger partial charge in [0.2, 0.25) is 0 Å². The van der Waals surface area contributed by atoms with Gasteiger partial charge in [-0.3, -0.25) is 24.5 Å². The molecule has 3 rings (SSSR count). The summed E-state index contributed by atoms with van der Waals surface area (Å²) in [5.74, 6) is 0.898. The van der Waals surface area contributed by atoms with E-state index in [1.807, 2.05) is 6.92 Å². The second kappa shape index (κ2) is 7.44. The molecule has 1 N–H and O–H groups in total. The summed E-state index contributed by atoms with van der Waals surface area (Å²) in [5.41, 5.74) is -0.396. The van der Waals surface area contributed by atoms with Gasteiger partial charge in [0.25, 0.3) is 11.2 Å². The largest absolute Gasteiger partial charge is 0.486 e. The van der Waals surface area contributed by atoms with Gasteiger partial charge in [-0.05, 0) is 18.6 Å². The van der Waals surface area contributed by atoms with Crippen LogP contribution in [0.3, 0.4) is 0 Å². The van der Waals surface area contributed by atoms with Gasteiger partial charge in [-0.25, -0.2) is 9.78 Å². The molecule has 0 saturated carbocycles. The van der Waals surface area contributed by atoms with Gasteiger partial charge in [-0.2, -0.15) is 0 Å². The molecule has 2 heterocycles. The summed E-state index contributed by atoms with van der Waals surface area (Å²) in [5, 5.41) is 10.7. The summed E-state index contributed by atoms with van der Waals surface area (Å²) in [4.78, 5) is 41.3. The maximum atomic E-state index is 12.2. The third-order valence-electron chi connectivity index (χ3n) is 4.26. The molecule has 10 nitrogen and oxygen atoms in total. The average Bonchev–Trinajstić information content (AvgIpc) is 2.97. The summed E-state index contributed by atoms with van der Waals surface area (Å²) >= 11 is 0. The zero-order chi connectivity index (χ0) is 19.6. The summed E-state index contributed by atoms with van der Waals surface area (Å²) in [7, 11) is 1.67. The molecule has 0 amide bonds. The van der Waals surface area contributed by atoms with Crippen LogP contribution in [0.2, 0.25) is 0 Å². The predicted octanol–water partition coefficient (Wildman–Crippen LogP) is 1.71. The zero-order valence-electron chi connectivity index (χ0n) is 15.0. The molecule has 10 heteroatoms. The number of ether oxygens (including phenoxy) is 1. The number of hydrogen-bond donors (Lipinski definition) is 1. The monoisotopic (exact) mass is 373 g/mol. The van der Waals surface area contributed by atoms with Gasteiger partial charge in [0.1, 0.15) is 18.2 Å². The van der Waals surface area contributed by atoms with Crippen molar-refractivity contribution in [1.29, 1.82) is 0 Å². The molecule has 0 spiro atoms. The normalized spacial score (nSPS) is 11.0. The first-order valence-electron chi connectivity index (χ1n) is 8.48. The number of nitrogens with zero attached hydrogens (tertiary/aromatic N) is 4. The van der Waals surface area contributed by atoms with Gasteiger partial charge >= 0.3 is 5.69 Å². The summed E-state index contributed by atoms with van der Waals surface area (Å²) in [6.45, 7) is 2.52. The van der Waals surface area contributed by atoms with Crippen LogP contribution in [0, 0.1) is 10.1 Å². The van der Waals surface area contributed by atoms with Crippen molar-refractivity contribution in [1.82, 2.24) is 19.1 Å². The number of nitro benzene ring substituents is 1. The Hall–Kier alpha value is -3.43. The first-order valence-corrected chi connectivity index (χ1v) is 8.48. The third kappa shape index (κ3) is 3.59. The highest BCUT2D eigenvalue weighted by atomic mass is 16.6. The highest BCUT2D eigenvalue weighted by Crippen LogP contribution is 2.19. The Balaban J connectivity index is 1.92. The van der Waals surface area contributed by atoms with Crippen LogP contribution in [0.1, 0.15) is 25.6 Å². The van der Waals surface area contributed by atoms with Crippen LogP contribution >= 0.6 is 0 Å². The molecule has 27 heavy (non-hydrogen) atoms. The van der Waals surface area contributed by atoms with Crippen LogP contribution in [-0.4, -0.2) is 24.0 Å².